The summed E-state index contributed by atoms with van der Waals surface area (Å²) in [6, 6.07) is 20.2. The highest BCUT2D eigenvalue weighted by Gasteiger charge is 2.28. The molecule has 0 saturated carbocycles. The van der Waals surface area contributed by atoms with E-state index in [0.29, 0.717) is 46.6 Å². The molecule has 1 N–H and O–H groups in total. The number of fused-ring (bicyclic) bond motifs is 2. The van der Waals surface area contributed by atoms with Crippen LogP contribution in [-0.4, -0.2) is 21.6 Å². The summed E-state index contributed by atoms with van der Waals surface area (Å²) < 4.78 is 46.8. The molecule has 4 aromatic rings. The normalized spacial score (nSPS) is 14.8. The van der Waals surface area contributed by atoms with Crippen molar-refractivity contribution in [3.05, 3.63) is 89.1 Å². The summed E-state index contributed by atoms with van der Waals surface area (Å²) in [5.74, 6) is 1.38. The first-order chi connectivity index (χ1) is 15.5. The van der Waals surface area contributed by atoms with E-state index < -0.39 is 16.1 Å². The standard InChI is InChI=1S/C24H20ClNO5S/c25-19-8-3-2-7-18(19)24(23-14-16-6-1-4-9-20(16)31-23)26-32(27,28)17-10-11-21-22(15-17)30-13-5-12-29-21/h1-4,6-11,14-15,24,26H,5,12-13H2/t24-/m0/s1. The zero-order valence-electron chi connectivity index (χ0n) is 17.0. The largest absolute Gasteiger partial charge is 0.490 e. The molecule has 164 valence electrons. The Labute approximate surface area is 190 Å². The third kappa shape index (κ3) is 4.07. The van der Waals surface area contributed by atoms with E-state index in [2.05, 4.69) is 4.72 Å². The van der Waals surface area contributed by atoms with Gasteiger partial charge in [0.1, 0.15) is 17.4 Å². The van der Waals surface area contributed by atoms with Crippen LogP contribution in [0.1, 0.15) is 23.8 Å². The highest BCUT2D eigenvalue weighted by molar-refractivity contribution is 7.89. The van der Waals surface area contributed by atoms with Gasteiger partial charge >= 0.3 is 0 Å². The van der Waals surface area contributed by atoms with Gasteiger partial charge in [-0.15, -0.1) is 0 Å². The molecule has 0 spiro atoms. The number of furan rings is 1. The van der Waals surface area contributed by atoms with Crippen molar-refractivity contribution in [3.63, 3.8) is 0 Å². The summed E-state index contributed by atoms with van der Waals surface area (Å²) in [5.41, 5.74) is 1.25. The first-order valence-corrected chi connectivity index (χ1v) is 12.0. The summed E-state index contributed by atoms with van der Waals surface area (Å²) in [7, 11) is -3.96. The van der Waals surface area contributed by atoms with Crippen molar-refractivity contribution in [3.8, 4) is 11.5 Å². The molecule has 1 atom stereocenters. The maximum atomic E-state index is 13.4. The molecule has 0 bridgehead atoms. The maximum absolute atomic E-state index is 13.4. The van der Waals surface area contributed by atoms with Crippen LogP contribution >= 0.6 is 11.6 Å². The third-order valence-corrected chi connectivity index (χ3v) is 7.01. The Morgan fingerprint density at radius 1 is 0.875 bits per heavy atom. The number of hydrogen-bond acceptors (Lipinski definition) is 5. The fourth-order valence-electron chi connectivity index (χ4n) is 3.66. The van der Waals surface area contributed by atoms with Crippen LogP contribution in [0, 0.1) is 0 Å². The third-order valence-electron chi connectivity index (χ3n) is 5.25. The van der Waals surface area contributed by atoms with E-state index in [1.807, 2.05) is 30.3 Å². The molecule has 3 aromatic carbocycles. The van der Waals surface area contributed by atoms with Crippen LogP contribution in [-0.2, 0) is 10.0 Å². The van der Waals surface area contributed by atoms with Gasteiger partial charge in [0.15, 0.2) is 11.5 Å². The fraction of sp³-hybridized carbons (Fsp3) is 0.167. The number of nitrogens with one attached hydrogen (secondary N) is 1. The first-order valence-electron chi connectivity index (χ1n) is 10.2. The monoisotopic (exact) mass is 469 g/mol. The minimum Gasteiger partial charge on any atom is -0.490 e. The van der Waals surface area contributed by atoms with Gasteiger partial charge in [-0.1, -0.05) is 48.0 Å². The molecule has 2 heterocycles. The summed E-state index contributed by atoms with van der Waals surface area (Å²) in [5, 5.41) is 1.30. The predicted octanol–water partition coefficient (Wildman–Crippen LogP) is 5.32. The van der Waals surface area contributed by atoms with Gasteiger partial charge in [0.2, 0.25) is 10.0 Å². The Hall–Kier alpha value is -3.00. The van der Waals surface area contributed by atoms with Gasteiger partial charge in [-0.3, -0.25) is 0 Å². The molecule has 6 nitrogen and oxygen atoms in total. The smallest absolute Gasteiger partial charge is 0.241 e. The lowest BCUT2D eigenvalue weighted by atomic mass is 10.1. The minimum atomic E-state index is -3.96. The van der Waals surface area contributed by atoms with Crippen molar-refractivity contribution in [2.45, 2.75) is 17.4 Å². The molecule has 32 heavy (non-hydrogen) atoms. The number of para-hydroxylation sites is 1. The summed E-state index contributed by atoms with van der Waals surface area (Å²) in [4.78, 5) is 0.0647. The second kappa shape index (κ2) is 8.50. The van der Waals surface area contributed by atoms with Crippen molar-refractivity contribution >= 4 is 32.6 Å². The lowest BCUT2D eigenvalue weighted by molar-refractivity contribution is 0.297. The second-order valence-electron chi connectivity index (χ2n) is 7.42. The number of ether oxygens (including phenoxy) is 2. The maximum Gasteiger partial charge on any atom is 0.241 e. The molecule has 0 radical (unpaired) electrons. The molecule has 8 heteroatoms. The lowest BCUT2D eigenvalue weighted by Gasteiger charge is -2.19. The van der Waals surface area contributed by atoms with E-state index in [0.717, 1.165) is 11.8 Å². The summed E-state index contributed by atoms with van der Waals surface area (Å²) in [6.45, 7) is 0.989. The van der Waals surface area contributed by atoms with Gasteiger partial charge in [-0.25, -0.2) is 8.42 Å². The second-order valence-corrected chi connectivity index (χ2v) is 9.54. The molecule has 0 saturated heterocycles. The van der Waals surface area contributed by atoms with E-state index >= 15 is 0 Å². The molecular weight excluding hydrogens is 450 g/mol. The highest BCUT2D eigenvalue weighted by atomic mass is 35.5. The van der Waals surface area contributed by atoms with Crippen molar-refractivity contribution in [2.24, 2.45) is 0 Å². The molecule has 0 amide bonds. The lowest BCUT2D eigenvalue weighted by Crippen LogP contribution is -2.29. The van der Waals surface area contributed by atoms with Crippen LogP contribution in [0.4, 0.5) is 0 Å². The average Bonchev–Trinajstić information content (AvgIpc) is 3.08. The van der Waals surface area contributed by atoms with Gasteiger partial charge in [0.05, 0.1) is 18.1 Å². The van der Waals surface area contributed by atoms with Gasteiger partial charge in [0.25, 0.3) is 0 Å². The van der Waals surface area contributed by atoms with E-state index in [4.69, 9.17) is 25.5 Å². The van der Waals surface area contributed by atoms with Crippen LogP contribution in [0.25, 0.3) is 11.0 Å². The quantitative estimate of drug-likeness (QED) is 0.428. The SMILES string of the molecule is O=S(=O)(N[C@H](c1cc2ccccc2o1)c1ccccc1Cl)c1ccc2c(c1)OCCCO2. The van der Waals surface area contributed by atoms with Crippen LogP contribution in [0.2, 0.25) is 5.02 Å². The zero-order chi connectivity index (χ0) is 22.1. The molecule has 0 aliphatic carbocycles. The minimum absolute atomic E-state index is 0.0647. The Morgan fingerprint density at radius 2 is 1.62 bits per heavy atom. The molecule has 1 aliphatic rings. The Kier molecular flexibility index (Phi) is 5.55. The van der Waals surface area contributed by atoms with Gasteiger partial charge in [0, 0.05) is 22.9 Å². The number of benzene rings is 3. The number of hydrogen-bond donors (Lipinski definition) is 1. The molecule has 1 aromatic heterocycles. The fourth-order valence-corrected chi connectivity index (χ4v) is 5.11. The number of halogens is 1. The van der Waals surface area contributed by atoms with Crippen LogP contribution in [0.5, 0.6) is 11.5 Å². The Morgan fingerprint density at radius 3 is 2.44 bits per heavy atom. The molecule has 5 rings (SSSR count). The van der Waals surface area contributed by atoms with Crippen molar-refractivity contribution in [1.29, 1.82) is 0 Å². The van der Waals surface area contributed by atoms with Crippen LogP contribution in [0.15, 0.2) is 82.1 Å². The van der Waals surface area contributed by atoms with E-state index in [1.165, 1.54) is 12.1 Å². The number of sulfonamides is 1. The summed E-state index contributed by atoms with van der Waals surface area (Å²) in [6.07, 6.45) is 0.732. The topological polar surface area (TPSA) is 77.8 Å². The Bertz CT molecular complexity index is 1350. The summed E-state index contributed by atoms with van der Waals surface area (Å²) >= 11 is 6.44. The van der Waals surface area contributed by atoms with Gasteiger partial charge in [-0.2, -0.15) is 4.72 Å². The average molecular weight is 470 g/mol. The first kappa shape index (κ1) is 20.9. The van der Waals surface area contributed by atoms with Gasteiger partial charge in [-0.05, 0) is 35.9 Å². The number of rotatable bonds is 5. The molecular formula is C24H20ClNO5S. The Balaban J connectivity index is 1.56. The highest BCUT2D eigenvalue weighted by Crippen LogP contribution is 2.35. The van der Waals surface area contributed by atoms with Crippen molar-refractivity contribution < 1.29 is 22.3 Å². The van der Waals surface area contributed by atoms with E-state index in [-0.39, 0.29) is 4.90 Å². The van der Waals surface area contributed by atoms with Crippen molar-refractivity contribution in [1.82, 2.24) is 4.72 Å². The molecule has 0 unspecified atom stereocenters. The van der Waals surface area contributed by atoms with E-state index in [9.17, 15) is 8.42 Å². The van der Waals surface area contributed by atoms with Crippen molar-refractivity contribution in [2.75, 3.05) is 13.2 Å². The van der Waals surface area contributed by atoms with Gasteiger partial charge < -0.3 is 13.9 Å². The van der Waals surface area contributed by atoms with E-state index in [1.54, 1.807) is 30.3 Å². The predicted molar refractivity (Wildman–Crippen MR) is 122 cm³/mol. The molecule has 1 aliphatic heterocycles. The molecule has 0 fully saturated rings. The van der Waals surface area contributed by atoms with Crippen LogP contribution < -0.4 is 14.2 Å². The zero-order valence-corrected chi connectivity index (χ0v) is 18.5. The van der Waals surface area contributed by atoms with Crippen LogP contribution in [0.3, 0.4) is 0 Å².